The van der Waals surface area contributed by atoms with E-state index in [0.29, 0.717) is 6.42 Å². The maximum atomic E-state index is 10.9. The van der Waals surface area contributed by atoms with Crippen molar-refractivity contribution in [2.75, 3.05) is 11.9 Å². The minimum absolute atomic E-state index is 0.280. The van der Waals surface area contributed by atoms with Gasteiger partial charge < -0.3 is 11.1 Å². The largest absolute Gasteiger partial charge is 0.385 e. The predicted molar refractivity (Wildman–Crippen MR) is 65.2 cm³/mol. The number of carbonyl (C=O) groups is 1. The Morgan fingerprint density at radius 1 is 1.38 bits per heavy atom. The molecule has 1 aliphatic rings. The molecule has 0 bridgehead atoms. The van der Waals surface area contributed by atoms with Crippen molar-refractivity contribution < 1.29 is 4.79 Å². The molecule has 2 rings (SSSR count). The number of nitrogens with two attached hydrogens (primary N) is 1. The topological polar surface area (TPSA) is 55.1 Å². The standard InChI is InChI=1S/C13H18N2O/c14-13(16)8-11-6-1-2-7-12(11)15-9-10-4-3-5-10/h1-2,6-7,10,15H,3-5,8-9H2,(H2,14,16). The van der Waals surface area contributed by atoms with Crippen LogP contribution in [0.15, 0.2) is 24.3 Å². The minimum atomic E-state index is -0.280. The van der Waals surface area contributed by atoms with Crippen LogP contribution in [-0.4, -0.2) is 12.5 Å². The second kappa shape index (κ2) is 5.01. The lowest BCUT2D eigenvalue weighted by Gasteiger charge is -2.26. The van der Waals surface area contributed by atoms with Gasteiger partial charge in [0.05, 0.1) is 6.42 Å². The van der Waals surface area contributed by atoms with Gasteiger partial charge in [-0.25, -0.2) is 0 Å². The normalized spacial score (nSPS) is 15.5. The molecule has 0 saturated heterocycles. The van der Waals surface area contributed by atoms with E-state index in [9.17, 15) is 4.79 Å². The summed E-state index contributed by atoms with van der Waals surface area (Å²) >= 11 is 0. The van der Waals surface area contributed by atoms with Crippen molar-refractivity contribution in [3.63, 3.8) is 0 Å². The molecule has 3 heteroatoms. The van der Waals surface area contributed by atoms with Crippen LogP contribution >= 0.6 is 0 Å². The monoisotopic (exact) mass is 218 g/mol. The molecule has 1 fully saturated rings. The van der Waals surface area contributed by atoms with Gasteiger partial charge in [-0.05, 0) is 30.4 Å². The van der Waals surface area contributed by atoms with Gasteiger partial charge in [0.15, 0.2) is 0 Å². The number of primary amides is 1. The summed E-state index contributed by atoms with van der Waals surface area (Å²) < 4.78 is 0. The molecule has 0 aromatic heterocycles. The number of amides is 1. The minimum Gasteiger partial charge on any atom is -0.385 e. The van der Waals surface area contributed by atoms with Crippen LogP contribution in [0.2, 0.25) is 0 Å². The Morgan fingerprint density at radius 2 is 2.12 bits per heavy atom. The predicted octanol–water partition coefficient (Wildman–Crippen LogP) is 1.93. The number of hydrogen-bond acceptors (Lipinski definition) is 2. The number of para-hydroxylation sites is 1. The van der Waals surface area contributed by atoms with Gasteiger partial charge >= 0.3 is 0 Å². The fourth-order valence-corrected chi connectivity index (χ4v) is 1.99. The van der Waals surface area contributed by atoms with Crippen LogP contribution in [0.3, 0.4) is 0 Å². The number of benzene rings is 1. The first-order valence-electron chi connectivity index (χ1n) is 5.86. The van der Waals surface area contributed by atoms with E-state index in [-0.39, 0.29) is 5.91 Å². The molecule has 16 heavy (non-hydrogen) atoms. The number of anilines is 1. The zero-order valence-electron chi connectivity index (χ0n) is 9.41. The summed E-state index contributed by atoms with van der Waals surface area (Å²) in [5, 5.41) is 3.41. The Kier molecular flexibility index (Phi) is 3.44. The Bertz CT molecular complexity index is 372. The van der Waals surface area contributed by atoms with Gasteiger partial charge in [0.2, 0.25) is 5.91 Å². The van der Waals surface area contributed by atoms with Crippen LogP contribution in [0.4, 0.5) is 5.69 Å². The number of nitrogens with one attached hydrogen (secondary N) is 1. The first-order valence-corrected chi connectivity index (χ1v) is 5.86. The van der Waals surface area contributed by atoms with Crippen LogP contribution < -0.4 is 11.1 Å². The molecule has 3 nitrogen and oxygen atoms in total. The highest BCUT2D eigenvalue weighted by molar-refractivity contribution is 5.78. The van der Waals surface area contributed by atoms with Gasteiger partial charge in [-0.2, -0.15) is 0 Å². The third-order valence-electron chi connectivity index (χ3n) is 3.19. The van der Waals surface area contributed by atoms with Crippen LogP contribution in [-0.2, 0) is 11.2 Å². The molecule has 1 aliphatic carbocycles. The Hall–Kier alpha value is -1.51. The highest BCUT2D eigenvalue weighted by atomic mass is 16.1. The van der Waals surface area contributed by atoms with Crippen molar-refractivity contribution in [2.24, 2.45) is 11.7 Å². The van der Waals surface area contributed by atoms with Crippen LogP contribution in [0, 0.1) is 5.92 Å². The van der Waals surface area contributed by atoms with Crippen LogP contribution in [0.25, 0.3) is 0 Å². The molecule has 0 heterocycles. The number of hydrogen-bond donors (Lipinski definition) is 2. The molecular formula is C13H18N2O. The van der Waals surface area contributed by atoms with Gasteiger partial charge in [-0.3, -0.25) is 4.79 Å². The SMILES string of the molecule is NC(=O)Cc1ccccc1NCC1CCC1. The third kappa shape index (κ3) is 2.75. The van der Waals surface area contributed by atoms with Crippen molar-refractivity contribution in [1.82, 2.24) is 0 Å². The van der Waals surface area contributed by atoms with E-state index in [1.807, 2.05) is 24.3 Å². The summed E-state index contributed by atoms with van der Waals surface area (Å²) in [7, 11) is 0. The molecule has 3 N–H and O–H groups in total. The van der Waals surface area contributed by atoms with E-state index < -0.39 is 0 Å². The molecule has 0 atom stereocenters. The van der Waals surface area contributed by atoms with Crippen molar-refractivity contribution in [1.29, 1.82) is 0 Å². The van der Waals surface area contributed by atoms with Gasteiger partial charge in [0.1, 0.15) is 0 Å². The molecule has 1 aromatic rings. The molecule has 1 aromatic carbocycles. The fraction of sp³-hybridized carbons (Fsp3) is 0.462. The smallest absolute Gasteiger partial charge is 0.221 e. The molecule has 1 saturated carbocycles. The summed E-state index contributed by atoms with van der Waals surface area (Å²) in [6, 6.07) is 7.88. The van der Waals surface area contributed by atoms with E-state index in [0.717, 1.165) is 23.7 Å². The average Bonchev–Trinajstić information content (AvgIpc) is 2.17. The lowest BCUT2D eigenvalue weighted by molar-refractivity contribution is -0.117. The van der Waals surface area contributed by atoms with E-state index in [1.54, 1.807) is 0 Å². The first kappa shape index (κ1) is 11.0. The van der Waals surface area contributed by atoms with E-state index in [1.165, 1.54) is 19.3 Å². The summed E-state index contributed by atoms with van der Waals surface area (Å²) in [6.07, 6.45) is 4.32. The molecule has 0 spiro atoms. The van der Waals surface area contributed by atoms with Crippen molar-refractivity contribution >= 4 is 11.6 Å². The van der Waals surface area contributed by atoms with Gasteiger partial charge in [-0.1, -0.05) is 24.6 Å². The van der Waals surface area contributed by atoms with E-state index >= 15 is 0 Å². The summed E-state index contributed by atoms with van der Waals surface area (Å²) in [5.74, 6) is 0.527. The molecule has 1 amide bonds. The van der Waals surface area contributed by atoms with Crippen molar-refractivity contribution in [3.8, 4) is 0 Å². The average molecular weight is 218 g/mol. The molecule has 0 radical (unpaired) electrons. The first-order chi connectivity index (χ1) is 7.75. The van der Waals surface area contributed by atoms with Crippen molar-refractivity contribution in [3.05, 3.63) is 29.8 Å². The highest BCUT2D eigenvalue weighted by Crippen LogP contribution is 2.27. The van der Waals surface area contributed by atoms with Gasteiger partial charge in [-0.15, -0.1) is 0 Å². The van der Waals surface area contributed by atoms with Crippen LogP contribution in [0.1, 0.15) is 24.8 Å². The lowest BCUT2D eigenvalue weighted by Crippen LogP contribution is -2.22. The second-order valence-electron chi connectivity index (χ2n) is 4.48. The number of carbonyl (C=O) groups excluding carboxylic acids is 1. The van der Waals surface area contributed by atoms with Crippen molar-refractivity contribution in [2.45, 2.75) is 25.7 Å². The lowest BCUT2D eigenvalue weighted by atomic mass is 9.85. The van der Waals surface area contributed by atoms with Crippen LogP contribution in [0.5, 0.6) is 0 Å². The number of rotatable bonds is 5. The molecule has 0 aliphatic heterocycles. The fourth-order valence-electron chi connectivity index (χ4n) is 1.99. The van der Waals surface area contributed by atoms with Gasteiger partial charge in [0, 0.05) is 12.2 Å². The molecule has 86 valence electrons. The third-order valence-corrected chi connectivity index (χ3v) is 3.19. The maximum Gasteiger partial charge on any atom is 0.221 e. The zero-order valence-corrected chi connectivity index (χ0v) is 9.41. The van der Waals surface area contributed by atoms with E-state index in [4.69, 9.17) is 5.73 Å². The quantitative estimate of drug-likeness (QED) is 0.793. The Morgan fingerprint density at radius 3 is 2.75 bits per heavy atom. The summed E-state index contributed by atoms with van der Waals surface area (Å²) in [4.78, 5) is 10.9. The zero-order chi connectivity index (χ0) is 11.4. The Labute approximate surface area is 96.0 Å². The summed E-state index contributed by atoms with van der Waals surface area (Å²) in [6.45, 7) is 1.01. The van der Waals surface area contributed by atoms with E-state index in [2.05, 4.69) is 5.32 Å². The highest BCUT2D eigenvalue weighted by Gasteiger charge is 2.17. The second-order valence-corrected chi connectivity index (χ2v) is 4.48. The molecule has 0 unspecified atom stereocenters. The summed E-state index contributed by atoms with van der Waals surface area (Å²) in [5.41, 5.74) is 7.26. The maximum absolute atomic E-state index is 10.9. The van der Waals surface area contributed by atoms with Gasteiger partial charge in [0.25, 0.3) is 0 Å². The molecular weight excluding hydrogens is 200 g/mol. The Balaban J connectivity index is 1.97.